The van der Waals surface area contributed by atoms with Crippen LogP contribution in [0.25, 0.3) is 0 Å². The van der Waals surface area contributed by atoms with Gasteiger partial charge in [-0.15, -0.1) is 0 Å². The van der Waals surface area contributed by atoms with E-state index in [1.54, 1.807) is 0 Å². The maximum Gasteiger partial charge on any atom is 0.119 e. The number of ether oxygens (including phenoxy) is 1. The zero-order chi connectivity index (χ0) is 23.8. The number of hydrogen-bond donors (Lipinski definition) is 0. The summed E-state index contributed by atoms with van der Waals surface area (Å²) in [5, 5.41) is 0. The average molecular weight is 469 g/mol. The molecule has 3 rings (SSSR count). The highest BCUT2D eigenvalue weighted by molar-refractivity contribution is 5.27. The van der Waals surface area contributed by atoms with Crippen molar-refractivity contribution in [1.29, 1.82) is 0 Å². The molecule has 0 heterocycles. The van der Waals surface area contributed by atoms with E-state index in [-0.39, 0.29) is 0 Å². The lowest BCUT2D eigenvalue weighted by atomic mass is 9.78. The molecule has 2 aliphatic rings. The SMILES string of the molecule is CCCCCCC[C@H]1CC[C@H](CCc2ccc(OCCC[C@H]3CC[C@H](CCC)CC3)cc2)CC1. The molecule has 0 aromatic heterocycles. The van der Waals surface area contributed by atoms with Crippen LogP contribution in [0.5, 0.6) is 5.75 Å². The monoisotopic (exact) mass is 468 g/mol. The highest BCUT2D eigenvalue weighted by Crippen LogP contribution is 2.35. The Morgan fingerprint density at radius 1 is 0.559 bits per heavy atom. The summed E-state index contributed by atoms with van der Waals surface area (Å²) in [5.41, 5.74) is 1.49. The van der Waals surface area contributed by atoms with Gasteiger partial charge in [0.1, 0.15) is 5.75 Å². The molecular formula is C33H56O. The van der Waals surface area contributed by atoms with Crippen LogP contribution in [0.15, 0.2) is 24.3 Å². The second kappa shape index (κ2) is 16.6. The molecule has 0 unspecified atom stereocenters. The number of unbranched alkanes of at least 4 members (excludes halogenated alkanes) is 4. The largest absolute Gasteiger partial charge is 0.494 e. The highest BCUT2D eigenvalue weighted by Gasteiger charge is 2.21. The van der Waals surface area contributed by atoms with Gasteiger partial charge in [0.25, 0.3) is 0 Å². The first kappa shape index (κ1) is 27.6. The summed E-state index contributed by atoms with van der Waals surface area (Å²) in [4.78, 5) is 0. The third kappa shape index (κ3) is 10.7. The molecule has 0 bridgehead atoms. The van der Waals surface area contributed by atoms with Gasteiger partial charge in [-0.05, 0) is 67.1 Å². The summed E-state index contributed by atoms with van der Waals surface area (Å²) in [5.74, 6) is 5.04. The maximum atomic E-state index is 6.07. The molecule has 2 aliphatic carbocycles. The molecule has 0 N–H and O–H groups in total. The van der Waals surface area contributed by atoms with Crippen LogP contribution in [0.3, 0.4) is 0 Å². The van der Waals surface area contributed by atoms with Gasteiger partial charge in [-0.25, -0.2) is 0 Å². The van der Waals surface area contributed by atoms with Crippen LogP contribution in [0, 0.1) is 23.7 Å². The molecule has 0 saturated heterocycles. The van der Waals surface area contributed by atoms with Crippen molar-refractivity contribution in [2.24, 2.45) is 23.7 Å². The van der Waals surface area contributed by atoms with E-state index >= 15 is 0 Å². The minimum absolute atomic E-state index is 0.885. The zero-order valence-electron chi connectivity index (χ0n) is 22.9. The van der Waals surface area contributed by atoms with Crippen molar-refractivity contribution in [3.05, 3.63) is 29.8 Å². The van der Waals surface area contributed by atoms with Gasteiger partial charge in [0, 0.05) is 0 Å². The molecule has 0 amide bonds. The Morgan fingerprint density at radius 2 is 1.09 bits per heavy atom. The van der Waals surface area contributed by atoms with Crippen LogP contribution in [-0.4, -0.2) is 6.61 Å². The van der Waals surface area contributed by atoms with Crippen LogP contribution < -0.4 is 4.74 Å². The fourth-order valence-corrected chi connectivity index (χ4v) is 6.75. The smallest absolute Gasteiger partial charge is 0.119 e. The van der Waals surface area contributed by atoms with Gasteiger partial charge in [-0.3, -0.25) is 0 Å². The maximum absolute atomic E-state index is 6.07. The van der Waals surface area contributed by atoms with E-state index in [0.717, 1.165) is 36.0 Å². The van der Waals surface area contributed by atoms with E-state index in [9.17, 15) is 0 Å². The summed E-state index contributed by atoms with van der Waals surface area (Å²) in [7, 11) is 0. The average Bonchev–Trinajstić information content (AvgIpc) is 2.88. The standard InChI is InChI=1S/C33H56O/c1-3-5-6-7-8-11-29-17-19-31(20-18-29)21-22-32-23-25-33(26-24-32)34-27-9-12-30-15-13-28(10-4-2)14-16-30/h23-26,28-31H,3-22,27H2,1-2H3/t28-,29-,30-,31-. The number of rotatable bonds is 16. The summed E-state index contributed by atoms with van der Waals surface area (Å²) in [6.07, 6.45) is 28.5. The Bertz CT molecular complexity index is 604. The molecule has 1 aromatic carbocycles. The fourth-order valence-electron chi connectivity index (χ4n) is 6.75. The van der Waals surface area contributed by atoms with Crippen molar-refractivity contribution < 1.29 is 4.74 Å². The van der Waals surface area contributed by atoms with Gasteiger partial charge in [0.15, 0.2) is 0 Å². The first-order chi connectivity index (χ1) is 16.8. The highest BCUT2D eigenvalue weighted by atomic mass is 16.5. The molecular weight excluding hydrogens is 412 g/mol. The summed E-state index contributed by atoms with van der Waals surface area (Å²) >= 11 is 0. The molecule has 0 aliphatic heterocycles. The first-order valence-electron chi connectivity index (χ1n) is 15.5. The molecule has 0 spiro atoms. The third-order valence-electron chi connectivity index (χ3n) is 9.14. The van der Waals surface area contributed by atoms with E-state index in [0.29, 0.717) is 0 Å². The number of aryl methyl sites for hydroxylation is 1. The summed E-state index contributed by atoms with van der Waals surface area (Å²) in [6, 6.07) is 9.04. The molecule has 1 heteroatoms. The van der Waals surface area contributed by atoms with E-state index < -0.39 is 0 Å². The van der Waals surface area contributed by atoms with E-state index in [1.165, 1.54) is 134 Å². The van der Waals surface area contributed by atoms with Crippen LogP contribution in [-0.2, 0) is 6.42 Å². The lowest BCUT2D eigenvalue weighted by Crippen LogP contribution is -2.15. The Morgan fingerprint density at radius 3 is 1.68 bits per heavy atom. The summed E-state index contributed by atoms with van der Waals surface area (Å²) < 4.78 is 6.07. The molecule has 1 nitrogen and oxygen atoms in total. The molecule has 0 atom stereocenters. The minimum Gasteiger partial charge on any atom is -0.494 e. The molecule has 2 fully saturated rings. The second-order valence-corrected chi connectivity index (χ2v) is 11.9. The summed E-state index contributed by atoms with van der Waals surface area (Å²) in [6.45, 7) is 5.53. The normalized spacial score (nSPS) is 25.4. The predicted octanol–water partition coefficient (Wildman–Crippen LogP) is 10.6. The molecule has 194 valence electrons. The lowest BCUT2D eigenvalue weighted by Gasteiger charge is -2.28. The molecule has 2 saturated carbocycles. The lowest BCUT2D eigenvalue weighted by molar-refractivity contribution is 0.230. The van der Waals surface area contributed by atoms with Gasteiger partial charge >= 0.3 is 0 Å². The van der Waals surface area contributed by atoms with Crippen molar-refractivity contribution in [3.8, 4) is 5.75 Å². The Labute approximate surface area is 212 Å². The van der Waals surface area contributed by atoms with Crippen LogP contribution in [0.1, 0.15) is 141 Å². The van der Waals surface area contributed by atoms with Crippen molar-refractivity contribution in [2.75, 3.05) is 6.61 Å². The van der Waals surface area contributed by atoms with Gasteiger partial charge in [-0.1, -0.05) is 129 Å². The Kier molecular flexibility index (Phi) is 13.5. The quantitative estimate of drug-likeness (QED) is 0.219. The van der Waals surface area contributed by atoms with Crippen LogP contribution >= 0.6 is 0 Å². The van der Waals surface area contributed by atoms with Gasteiger partial charge < -0.3 is 4.74 Å². The van der Waals surface area contributed by atoms with E-state index in [4.69, 9.17) is 4.74 Å². The topological polar surface area (TPSA) is 9.23 Å². The van der Waals surface area contributed by atoms with Gasteiger partial charge in [-0.2, -0.15) is 0 Å². The third-order valence-corrected chi connectivity index (χ3v) is 9.14. The molecule has 0 radical (unpaired) electrons. The predicted molar refractivity (Wildman–Crippen MR) is 149 cm³/mol. The Balaban J connectivity index is 1.21. The van der Waals surface area contributed by atoms with Crippen molar-refractivity contribution in [2.45, 2.75) is 142 Å². The minimum atomic E-state index is 0.885. The van der Waals surface area contributed by atoms with Crippen molar-refractivity contribution >= 4 is 0 Å². The number of benzene rings is 1. The van der Waals surface area contributed by atoms with E-state index in [2.05, 4.69) is 38.1 Å². The van der Waals surface area contributed by atoms with Crippen LogP contribution in [0.2, 0.25) is 0 Å². The second-order valence-electron chi connectivity index (χ2n) is 11.9. The van der Waals surface area contributed by atoms with Crippen molar-refractivity contribution in [3.63, 3.8) is 0 Å². The van der Waals surface area contributed by atoms with Crippen LogP contribution in [0.4, 0.5) is 0 Å². The first-order valence-corrected chi connectivity index (χ1v) is 15.5. The Hall–Kier alpha value is -0.980. The van der Waals surface area contributed by atoms with Crippen molar-refractivity contribution in [1.82, 2.24) is 0 Å². The molecule has 34 heavy (non-hydrogen) atoms. The van der Waals surface area contributed by atoms with E-state index in [1.807, 2.05) is 0 Å². The molecule has 1 aromatic rings. The van der Waals surface area contributed by atoms with Gasteiger partial charge in [0.05, 0.1) is 6.61 Å². The van der Waals surface area contributed by atoms with Gasteiger partial charge in [0.2, 0.25) is 0 Å². The zero-order valence-corrected chi connectivity index (χ0v) is 22.9. The fraction of sp³-hybridized carbons (Fsp3) is 0.818. The number of hydrogen-bond acceptors (Lipinski definition) is 1.